The van der Waals surface area contributed by atoms with Crippen LogP contribution in [0.25, 0.3) is 0 Å². The number of halogens is 1. The summed E-state index contributed by atoms with van der Waals surface area (Å²) in [5.74, 6) is 0. The lowest BCUT2D eigenvalue weighted by Gasteiger charge is -2.08. The van der Waals surface area contributed by atoms with Crippen molar-refractivity contribution in [3.63, 3.8) is 0 Å². The van der Waals surface area contributed by atoms with Crippen molar-refractivity contribution in [2.45, 2.75) is 12.8 Å². The lowest BCUT2D eigenvalue weighted by molar-refractivity contribution is 0.174. The molecule has 1 heterocycles. The summed E-state index contributed by atoms with van der Waals surface area (Å²) in [5.41, 5.74) is 3.44. The lowest BCUT2D eigenvalue weighted by atomic mass is 9.99. The summed E-state index contributed by atoms with van der Waals surface area (Å²) in [6, 6.07) is 6.14. The molecular weight excluding hydrogens is 254 g/mol. The van der Waals surface area contributed by atoms with Crippen LogP contribution in [0.3, 0.4) is 0 Å². The van der Waals surface area contributed by atoms with Crippen LogP contribution < -0.4 is 0 Å². The summed E-state index contributed by atoms with van der Waals surface area (Å²) in [6.45, 7) is 4.46. The second-order valence-corrected chi connectivity index (χ2v) is 4.23. The molecule has 2 rings (SSSR count). The normalized spacial score (nSPS) is 14.6. The largest absolute Gasteiger partial charge is 0.395 e. The summed E-state index contributed by atoms with van der Waals surface area (Å²) in [7, 11) is 0. The molecule has 0 aromatic heterocycles. The van der Waals surface area contributed by atoms with E-state index in [9.17, 15) is 0 Å². The topological polar surface area (TPSA) is 21.6 Å². The molecule has 15 heavy (non-hydrogen) atoms. The molecule has 1 aromatic rings. The zero-order valence-electron chi connectivity index (χ0n) is 8.37. The Morgan fingerprint density at radius 1 is 1.53 bits per heavy atom. The van der Waals surface area contributed by atoms with Gasteiger partial charge in [0, 0.05) is 16.5 Å². The maximum Gasteiger partial charge on any atom is 0.122 e. The Labute approximate surface area is 97.8 Å². The minimum atomic E-state index is 0.690. The van der Waals surface area contributed by atoms with E-state index in [0.717, 1.165) is 23.0 Å². The number of hydrogen-bond donors (Lipinski definition) is 0. The van der Waals surface area contributed by atoms with Gasteiger partial charge in [-0.1, -0.05) is 39.3 Å². The van der Waals surface area contributed by atoms with Crippen LogP contribution in [0, 0.1) is 0 Å². The van der Waals surface area contributed by atoms with Gasteiger partial charge in [0.2, 0.25) is 0 Å². The van der Waals surface area contributed by atoms with Crippen LogP contribution in [0.2, 0.25) is 0 Å². The molecule has 0 bridgehead atoms. The number of allylic oxidation sites excluding steroid dienone is 1. The van der Waals surface area contributed by atoms with Gasteiger partial charge >= 0.3 is 0 Å². The van der Waals surface area contributed by atoms with Crippen LogP contribution in [0.4, 0.5) is 0 Å². The first-order chi connectivity index (χ1) is 7.33. The molecule has 0 amide bonds. The molecule has 0 aliphatic carbocycles. The smallest absolute Gasteiger partial charge is 0.122 e. The fourth-order valence-electron chi connectivity index (χ4n) is 1.68. The van der Waals surface area contributed by atoms with E-state index in [0.29, 0.717) is 6.61 Å². The molecular formula is C12H12BrNO. The van der Waals surface area contributed by atoms with Crippen LogP contribution >= 0.6 is 15.9 Å². The molecule has 0 saturated carbocycles. The van der Waals surface area contributed by atoms with Crippen molar-refractivity contribution >= 4 is 21.6 Å². The molecule has 2 nitrogen and oxygen atoms in total. The Kier molecular flexibility index (Phi) is 3.21. The Morgan fingerprint density at radius 3 is 3.07 bits per heavy atom. The van der Waals surface area contributed by atoms with Gasteiger partial charge in [0.05, 0.1) is 5.71 Å². The average Bonchev–Trinajstić information content (AvgIpc) is 2.74. The third-order valence-electron chi connectivity index (χ3n) is 2.38. The maximum absolute atomic E-state index is 5.03. The highest BCUT2D eigenvalue weighted by atomic mass is 79.9. The third-order valence-corrected chi connectivity index (χ3v) is 3.13. The van der Waals surface area contributed by atoms with E-state index < -0.39 is 0 Å². The molecule has 0 atom stereocenters. The summed E-state index contributed by atoms with van der Waals surface area (Å²) < 4.78 is 1.11. The van der Waals surface area contributed by atoms with Crippen molar-refractivity contribution in [3.8, 4) is 0 Å². The van der Waals surface area contributed by atoms with Crippen molar-refractivity contribution < 1.29 is 4.84 Å². The third kappa shape index (κ3) is 2.12. The standard InChI is InChI=1S/C12H12BrNO/c1-2-4-9-10(5-3-6-11(9)13)12-7-8-15-14-12/h2-3,5-6H,1,4,7-8H2. The van der Waals surface area contributed by atoms with Gasteiger partial charge < -0.3 is 4.84 Å². The Balaban J connectivity index is 2.44. The summed E-state index contributed by atoms with van der Waals surface area (Å²) in [4.78, 5) is 5.03. The van der Waals surface area contributed by atoms with E-state index in [1.807, 2.05) is 18.2 Å². The Bertz CT molecular complexity index is 412. The molecule has 0 N–H and O–H groups in total. The van der Waals surface area contributed by atoms with E-state index in [-0.39, 0.29) is 0 Å². The van der Waals surface area contributed by atoms with E-state index in [2.05, 4.69) is 33.7 Å². The highest BCUT2D eigenvalue weighted by Crippen LogP contribution is 2.24. The number of hydrogen-bond acceptors (Lipinski definition) is 2. The van der Waals surface area contributed by atoms with Gasteiger partial charge in [-0.15, -0.1) is 6.58 Å². The maximum atomic E-state index is 5.03. The predicted octanol–water partition coefficient (Wildman–Crippen LogP) is 3.30. The quantitative estimate of drug-likeness (QED) is 0.769. The van der Waals surface area contributed by atoms with Gasteiger partial charge in [0.1, 0.15) is 6.61 Å². The van der Waals surface area contributed by atoms with E-state index in [1.54, 1.807) is 0 Å². The van der Waals surface area contributed by atoms with Gasteiger partial charge in [-0.05, 0) is 18.1 Å². The van der Waals surface area contributed by atoms with Crippen LogP contribution in [-0.2, 0) is 11.3 Å². The number of benzene rings is 1. The fraction of sp³-hybridized carbons (Fsp3) is 0.250. The molecule has 3 heteroatoms. The van der Waals surface area contributed by atoms with Crippen LogP contribution in [-0.4, -0.2) is 12.3 Å². The van der Waals surface area contributed by atoms with E-state index in [1.165, 1.54) is 11.1 Å². The van der Waals surface area contributed by atoms with Crippen LogP contribution in [0.5, 0.6) is 0 Å². The Morgan fingerprint density at radius 2 is 2.40 bits per heavy atom. The minimum absolute atomic E-state index is 0.690. The van der Waals surface area contributed by atoms with Crippen molar-refractivity contribution in [3.05, 3.63) is 46.5 Å². The Hall–Kier alpha value is -1.09. The zero-order chi connectivity index (χ0) is 10.7. The molecule has 1 aliphatic heterocycles. The van der Waals surface area contributed by atoms with E-state index in [4.69, 9.17) is 4.84 Å². The van der Waals surface area contributed by atoms with Crippen molar-refractivity contribution in [2.75, 3.05) is 6.61 Å². The highest BCUT2D eigenvalue weighted by molar-refractivity contribution is 9.10. The minimum Gasteiger partial charge on any atom is -0.395 e. The lowest BCUT2D eigenvalue weighted by Crippen LogP contribution is -2.03. The highest BCUT2D eigenvalue weighted by Gasteiger charge is 2.15. The zero-order valence-corrected chi connectivity index (χ0v) is 9.96. The first-order valence-corrected chi connectivity index (χ1v) is 5.69. The van der Waals surface area contributed by atoms with Crippen LogP contribution in [0.15, 0.2) is 40.5 Å². The summed E-state index contributed by atoms with van der Waals surface area (Å²) in [6.07, 6.45) is 3.64. The van der Waals surface area contributed by atoms with E-state index >= 15 is 0 Å². The summed E-state index contributed by atoms with van der Waals surface area (Å²) in [5, 5.41) is 4.05. The first-order valence-electron chi connectivity index (χ1n) is 4.90. The van der Waals surface area contributed by atoms with Crippen molar-refractivity contribution in [2.24, 2.45) is 5.16 Å². The molecule has 1 aliphatic rings. The van der Waals surface area contributed by atoms with Crippen molar-refractivity contribution in [1.82, 2.24) is 0 Å². The molecule has 1 aromatic carbocycles. The molecule has 0 spiro atoms. The van der Waals surface area contributed by atoms with Crippen molar-refractivity contribution in [1.29, 1.82) is 0 Å². The number of rotatable bonds is 3. The van der Waals surface area contributed by atoms with Crippen LogP contribution in [0.1, 0.15) is 17.5 Å². The molecule has 0 unspecified atom stereocenters. The number of nitrogens with zero attached hydrogens (tertiary/aromatic N) is 1. The first kappa shape index (κ1) is 10.4. The molecule has 78 valence electrons. The van der Waals surface area contributed by atoms with Gasteiger partial charge in [-0.2, -0.15) is 0 Å². The second-order valence-electron chi connectivity index (χ2n) is 3.38. The van der Waals surface area contributed by atoms with Gasteiger partial charge in [-0.3, -0.25) is 0 Å². The number of oxime groups is 1. The van der Waals surface area contributed by atoms with Gasteiger partial charge in [0.15, 0.2) is 0 Å². The SMILES string of the molecule is C=CCc1c(Br)cccc1C1=NOCC1. The predicted molar refractivity (Wildman–Crippen MR) is 65.1 cm³/mol. The fourth-order valence-corrected chi connectivity index (χ4v) is 2.20. The molecule has 0 fully saturated rings. The summed E-state index contributed by atoms with van der Waals surface area (Å²) >= 11 is 3.55. The molecule has 0 radical (unpaired) electrons. The monoisotopic (exact) mass is 265 g/mol. The molecule has 0 saturated heterocycles. The average molecular weight is 266 g/mol. The van der Waals surface area contributed by atoms with Gasteiger partial charge in [0.25, 0.3) is 0 Å². The van der Waals surface area contributed by atoms with Gasteiger partial charge in [-0.25, -0.2) is 0 Å². The second kappa shape index (κ2) is 4.62.